The molecule has 0 aromatic heterocycles. The second-order valence-electron chi connectivity index (χ2n) is 8.68. The van der Waals surface area contributed by atoms with Crippen molar-refractivity contribution in [3.05, 3.63) is 95.6 Å². The molecule has 1 unspecified atom stereocenters. The molecule has 0 aliphatic rings. The number of sulfonamides is 1. The molecule has 3 aromatic carbocycles. The van der Waals surface area contributed by atoms with E-state index in [1.807, 2.05) is 63.2 Å². The van der Waals surface area contributed by atoms with Gasteiger partial charge in [0.2, 0.25) is 15.9 Å². The molecule has 3 rings (SSSR count). The number of amides is 2. The molecule has 0 radical (unpaired) electrons. The van der Waals surface area contributed by atoms with Crippen LogP contribution in [0.4, 0.5) is 11.4 Å². The third-order valence-corrected chi connectivity index (χ3v) is 6.73. The standard InChI is InChI=1S/C27H31N3O4S/c1-19(2)22-14-9-11-17-25(22)30(35(4,33)34)18-26(31)29-24-16-10-8-15-23(24)27(32)28-20(3)21-12-6-5-7-13-21/h5-17,19-20H,18H2,1-4H3,(H,28,32)(H,29,31). The quantitative estimate of drug-likeness (QED) is 0.451. The highest BCUT2D eigenvalue weighted by molar-refractivity contribution is 7.92. The Morgan fingerprint density at radius 2 is 1.46 bits per heavy atom. The van der Waals surface area contributed by atoms with Crippen molar-refractivity contribution in [2.75, 3.05) is 22.4 Å². The van der Waals surface area contributed by atoms with Gasteiger partial charge < -0.3 is 10.6 Å². The highest BCUT2D eigenvalue weighted by Crippen LogP contribution is 2.29. The lowest BCUT2D eigenvalue weighted by molar-refractivity contribution is -0.114. The minimum atomic E-state index is -3.74. The molecule has 0 fully saturated rings. The summed E-state index contributed by atoms with van der Waals surface area (Å²) in [5, 5.41) is 5.66. The minimum absolute atomic E-state index is 0.0644. The summed E-state index contributed by atoms with van der Waals surface area (Å²) in [4.78, 5) is 26.0. The van der Waals surface area contributed by atoms with Gasteiger partial charge in [0.1, 0.15) is 6.54 Å². The highest BCUT2D eigenvalue weighted by atomic mass is 32.2. The van der Waals surface area contributed by atoms with Crippen LogP contribution in [0.5, 0.6) is 0 Å². The Labute approximate surface area is 207 Å². The van der Waals surface area contributed by atoms with Crippen molar-refractivity contribution >= 4 is 33.2 Å². The van der Waals surface area contributed by atoms with Crippen LogP contribution >= 0.6 is 0 Å². The first-order chi connectivity index (χ1) is 16.6. The zero-order valence-electron chi connectivity index (χ0n) is 20.4. The van der Waals surface area contributed by atoms with Crippen molar-refractivity contribution in [1.82, 2.24) is 5.32 Å². The molecular weight excluding hydrogens is 462 g/mol. The van der Waals surface area contributed by atoms with Gasteiger partial charge in [-0.3, -0.25) is 13.9 Å². The van der Waals surface area contributed by atoms with E-state index in [1.165, 1.54) is 0 Å². The Bertz CT molecular complexity index is 1290. The van der Waals surface area contributed by atoms with Crippen LogP contribution in [0.2, 0.25) is 0 Å². The fraction of sp³-hybridized carbons (Fsp3) is 0.259. The summed E-state index contributed by atoms with van der Waals surface area (Å²) < 4.78 is 26.3. The van der Waals surface area contributed by atoms with Gasteiger partial charge in [0.05, 0.1) is 29.2 Å². The summed E-state index contributed by atoms with van der Waals surface area (Å²) in [6.45, 7) is 5.39. The van der Waals surface area contributed by atoms with Crippen molar-refractivity contribution in [3.8, 4) is 0 Å². The van der Waals surface area contributed by atoms with Crippen molar-refractivity contribution < 1.29 is 18.0 Å². The summed E-state index contributed by atoms with van der Waals surface area (Å²) in [5.41, 5.74) is 2.83. The normalized spacial score (nSPS) is 12.1. The van der Waals surface area contributed by atoms with Crippen LogP contribution in [0.1, 0.15) is 54.2 Å². The first-order valence-electron chi connectivity index (χ1n) is 11.4. The van der Waals surface area contributed by atoms with Crippen LogP contribution < -0.4 is 14.9 Å². The third-order valence-electron chi connectivity index (χ3n) is 5.61. The van der Waals surface area contributed by atoms with E-state index in [0.29, 0.717) is 11.4 Å². The molecule has 8 heteroatoms. The molecule has 184 valence electrons. The zero-order chi connectivity index (χ0) is 25.6. The number of benzene rings is 3. The van der Waals surface area contributed by atoms with E-state index in [4.69, 9.17) is 0 Å². The van der Waals surface area contributed by atoms with Gasteiger partial charge in [-0.15, -0.1) is 0 Å². The number of nitrogens with one attached hydrogen (secondary N) is 2. The molecule has 7 nitrogen and oxygen atoms in total. The molecule has 0 heterocycles. The third kappa shape index (κ3) is 6.70. The van der Waals surface area contributed by atoms with E-state index in [0.717, 1.165) is 21.7 Å². The Hall–Kier alpha value is -3.65. The maximum absolute atomic E-state index is 13.0. The molecular formula is C27H31N3O4S. The molecule has 0 aliphatic carbocycles. The largest absolute Gasteiger partial charge is 0.345 e. The maximum atomic E-state index is 13.0. The summed E-state index contributed by atoms with van der Waals surface area (Å²) in [6, 6.07) is 23.1. The second kappa shape index (κ2) is 11.2. The predicted octanol–water partition coefficient (Wildman–Crippen LogP) is 4.71. The van der Waals surface area contributed by atoms with Crippen molar-refractivity contribution in [3.63, 3.8) is 0 Å². The van der Waals surface area contributed by atoms with E-state index in [-0.39, 0.29) is 23.4 Å². The van der Waals surface area contributed by atoms with Gasteiger partial charge in [-0.25, -0.2) is 8.42 Å². The van der Waals surface area contributed by atoms with Gasteiger partial charge in [-0.05, 0) is 42.2 Å². The number of para-hydroxylation sites is 2. The number of hydrogen-bond donors (Lipinski definition) is 2. The highest BCUT2D eigenvalue weighted by Gasteiger charge is 2.25. The Morgan fingerprint density at radius 1 is 0.857 bits per heavy atom. The molecule has 2 N–H and O–H groups in total. The number of carbonyl (C=O) groups excluding carboxylic acids is 2. The monoisotopic (exact) mass is 493 g/mol. The smallest absolute Gasteiger partial charge is 0.253 e. The predicted molar refractivity (Wildman–Crippen MR) is 140 cm³/mol. The van der Waals surface area contributed by atoms with Crippen molar-refractivity contribution in [2.24, 2.45) is 0 Å². The SMILES string of the molecule is CC(C)c1ccccc1N(CC(=O)Nc1ccccc1C(=O)NC(C)c1ccccc1)S(C)(=O)=O. The van der Waals surface area contributed by atoms with Gasteiger partial charge in [0.25, 0.3) is 5.91 Å². The van der Waals surface area contributed by atoms with Gasteiger partial charge in [-0.2, -0.15) is 0 Å². The molecule has 2 amide bonds. The maximum Gasteiger partial charge on any atom is 0.253 e. The molecule has 0 saturated carbocycles. The van der Waals surface area contributed by atoms with E-state index in [9.17, 15) is 18.0 Å². The Balaban J connectivity index is 1.81. The number of anilines is 2. The molecule has 0 spiro atoms. The fourth-order valence-electron chi connectivity index (χ4n) is 3.79. The number of carbonyl (C=O) groups is 2. The zero-order valence-corrected chi connectivity index (χ0v) is 21.2. The minimum Gasteiger partial charge on any atom is -0.345 e. The first-order valence-corrected chi connectivity index (χ1v) is 13.2. The first kappa shape index (κ1) is 26.0. The lowest BCUT2D eigenvalue weighted by Gasteiger charge is -2.26. The Morgan fingerprint density at radius 3 is 2.11 bits per heavy atom. The van der Waals surface area contributed by atoms with E-state index < -0.39 is 22.5 Å². The molecule has 1 atom stereocenters. The van der Waals surface area contributed by atoms with Crippen molar-refractivity contribution in [2.45, 2.75) is 32.7 Å². The van der Waals surface area contributed by atoms with Gasteiger partial charge in [0.15, 0.2) is 0 Å². The lowest BCUT2D eigenvalue weighted by atomic mass is 10.0. The second-order valence-corrected chi connectivity index (χ2v) is 10.6. The summed E-state index contributed by atoms with van der Waals surface area (Å²) >= 11 is 0. The summed E-state index contributed by atoms with van der Waals surface area (Å²) in [5.74, 6) is -0.831. The van der Waals surface area contributed by atoms with Crippen LogP contribution in [0, 0.1) is 0 Å². The molecule has 35 heavy (non-hydrogen) atoms. The molecule has 0 aliphatic heterocycles. The van der Waals surface area contributed by atoms with Crippen LogP contribution in [-0.4, -0.2) is 33.0 Å². The van der Waals surface area contributed by atoms with Crippen LogP contribution in [-0.2, 0) is 14.8 Å². The van der Waals surface area contributed by atoms with Crippen molar-refractivity contribution in [1.29, 1.82) is 0 Å². The topological polar surface area (TPSA) is 95.6 Å². The average Bonchev–Trinajstić information content (AvgIpc) is 2.82. The number of hydrogen-bond acceptors (Lipinski definition) is 4. The fourth-order valence-corrected chi connectivity index (χ4v) is 4.67. The van der Waals surface area contributed by atoms with Gasteiger partial charge >= 0.3 is 0 Å². The van der Waals surface area contributed by atoms with Crippen LogP contribution in [0.25, 0.3) is 0 Å². The van der Waals surface area contributed by atoms with Crippen LogP contribution in [0.15, 0.2) is 78.9 Å². The van der Waals surface area contributed by atoms with Gasteiger partial charge in [-0.1, -0.05) is 74.5 Å². The number of rotatable bonds is 9. The van der Waals surface area contributed by atoms with Gasteiger partial charge in [0, 0.05) is 0 Å². The molecule has 0 bridgehead atoms. The van der Waals surface area contributed by atoms with E-state index in [1.54, 1.807) is 36.4 Å². The Kier molecular flexibility index (Phi) is 8.30. The molecule has 3 aromatic rings. The summed E-state index contributed by atoms with van der Waals surface area (Å²) in [7, 11) is -3.74. The average molecular weight is 494 g/mol. The summed E-state index contributed by atoms with van der Waals surface area (Å²) in [6.07, 6.45) is 1.07. The molecule has 0 saturated heterocycles. The van der Waals surface area contributed by atoms with E-state index >= 15 is 0 Å². The number of nitrogens with zero attached hydrogens (tertiary/aromatic N) is 1. The van der Waals surface area contributed by atoms with Crippen LogP contribution in [0.3, 0.4) is 0 Å². The lowest BCUT2D eigenvalue weighted by Crippen LogP contribution is -2.38. The van der Waals surface area contributed by atoms with E-state index in [2.05, 4.69) is 10.6 Å².